The number of hydrogen-bond acceptors (Lipinski definition) is 5. The maximum Gasteiger partial charge on any atom is 0.239 e. The van der Waals surface area contributed by atoms with Gasteiger partial charge in [0.2, 0.25) is 5.82 Å². The van der Waals surface area contributed by atoms with Gasteiger partial charge in [-0.05, 0) is 46.7 Å². The third-order valence-electron chi connectivity index (χ3n) is 3.81. The summed E-state index contributed by atoms with van der Waals surface area (Å²) in [5.74, 6) is 0.0679. The van der Waals surface area contributed by atoms with Crippen LogP contribution in [0.25, 0.3) is 22.6 Å². The zero-order valence-corrected chi connectivity index (χ0v) is 14.1. The Morgan fingerprint density at radius 2 is 2.04 bits per heavy atom. The van der Waals surface area contributed by atoms with Crippen molar-refractivity contribution in [3.05, 3.63) is 57.3 Å². The van der Waals surface area contributed by atoms with Gasteiger partial charge in [0, 0.05) is 17.5 Å². The van der Waals surface area contributed by atoms with Gasteiger partial charge in [0.05, 0.1) is 10.0 Å². The van der Waals surface area contributed by atoms with Crippen molar-refractivity contribution >= 4 is 39.9 Å². The molecule has 0 unspecified atom stereocenters. The van der Waals surface area contributed by atoms with Crippen LogP contribution in [0, 0.1) is 5.82 Å². The summed E-state index contributed by atoms with van der Waals surface area (Å²) in [6.45, 7) is 0. The molecule has 2 aromatic carbocycles. The van der Waals surface area contributed by atoms with Crippen molar-refractivity contribution in [3.8, 4) is 11.6 Å². The molecule has 2 aromatic heterocycles. The van der Waals surface area contributed by atoms with Gasteiger partial charge < -0.3 is 10.2 Å². The lowest BCUT2D eigenvalue weighted by molar-refractivity contribution is 0.565. The first-order chi connectivity index (χ1) is 12.0. The van der Waals surface area contributed by atoms with Crippen LogP contribution in [0.4, 0.5) is 10.1 Å². The highest BCUT2D eigenvalue weighted by Gasteiger charge is 2.16. The van der Waals surface area contributed by atoms with Gasteiger partial charge in [-0.3, -0.25) is 0 Å². The van der Waals surface area contributed by atoms with Crippen molar-refractivity contribution in [2.24, 2.45) is 0 Å². The molecule has 9 heteroatoms. The van der Waals surface area contributed by atoms with E-state index in [1.807, 2.05) is 0 Å². The first-order valence-electron chi connectivity index (χ1n) is 7.21. The number of furan rings is 1. The zero-order valence-electron chi connectivity index (χ0n) is 12.6. The van der Waals surface area contributed by atoms with Crippen LogP contribution in [0.15, 0.2) is 34.7 Å². The molecule has 0 saturated carbocycles. The fraction of sp³-hybridized carbons (Fsp3) is 0.0625. The average Bonchev–Trinajstić information content (AvgIpc) is 3.24. The number of halogens is 3. The number of rotatable bonds is 3. The molecule has 0 saturated heterocycles. The van der Waals surface area contributed by atoms with Crippen molar-refractivity contribution in [3.63, 3.8) is 0 Å². The summed E-state index contributed by atoms with van der Waals surface area (Å²) in [5, 5.41) is 14.8. The fourth-order valence-corrected chi connectivity index (χ4v) is 3.05. The molecule has 0 aliphatic rings. The molecule has 2 heterocycles. The Labute approximate surface area is 150 Å². The van der Waals surface area contributed by atoms with E-state index in [0.717, 1.165) is 0 Å². The molecule has 0 amide bonds. The molecule has 3 N–H and O–H groups in total. The maximum absolute atomic E-state index is 14.4. The van der Waals surface area contributed by atoms with Crippen LogP contribution < -0.4 is 5.73 Å². The maximum atomic E-state index is 14.4. The molecule has 0 aliphatic carbocycles. The minimum Gasteiger partial charge on any atom is -0.449 e. The number of nitrogens with two attached hydrogens (primary N) is 1. The van der Waals surface area contributed by atoms with Crippen LogP contribution in [0.1, 0.15) is 11.1 Å². The van der Waals surface area contributed by atoms with Gasteiger partial charge >= 0.3 is 0 Å². The molecule has 0 fully saturated rings. The van der Waals surface area contributed by atoms with Crippen LogP contribution in [0.3, 0.4) is 0 Å². The van der Waals surface area contributed by atoms with Gasteiger partial charge in [-0.25, -0.2) is 4.39 Å². The normalized spacial score (nSPS) is 11.3. The lowest BCUT2D eigenvalue weighted by Crippen LogP contribution is -1.98. The molecule has 0 atom stereocenters. The summed E-state index contributed by atoms with van der Waals surface area (Å²) in [4.78, 5) is 0. The number of nitrogens with one attached hydrogen (secondary N) is 1. The van der Waals surface area contributed by atoms with Crippen molar-refractivity contribution in [2.45, 2.75) is 6.42 Å². The highest BCUT2D eigenvalue weighted by molar-refractivity contribution is 6.42. The van der Waals surface area contributed by atoms with Crippen LogP contribution >= 0.6 is 23.2 Å². The second-order valence-electron chi connectivity index (χ2n) is 5.45. The second-order valence-corrected chi connectivity index (χ2v) is 6.23. The number of nitrogens with zero attached hydrogens (tertiary/aromatic N) is 3. The summed E-state index contributed by atoms with van der Waals surface area (Å²) in [7, 11) is 0. The van der Waals surface area contributed by atoms with E-state index in [1.165, 1.54) is 6.07 Å². The van der Waals surface area contributed by atoms with Crippen LogP contribution in [0.2, 0.25) is 10.0 Å². The Bertz CT molecular complexity index is 1080. The Kier molecular flexibility index (Phi) is 3.82. The molecule has 4 rings (SSSR count). The molecular weight excluding hydrogens is 368 g/mol. The minimum absolute atomic E-state index is 0.119. The molecule has 4 aromatic rings. The highest BCUT2D eigenvalue weighted by atomic mass is 35.5. The largest absolute Gasteiger partial charge is 0.449 e. The predicted molar refractivity (Wildman–Crippen MR) is 93.0 cm³/mol. The molecule has 0 spiro atoms. The second kappa shape index (κ2) is 6.02. The van der Waals surface area contributed by atoms with E-state index in [-0.39, 0.29) is 11.4 Å². The number of nitrogen functional groups attached to an aromatic ring is 1. The molecule has 0 radical (unpaired) electrons. The van der Waals surface area contributed by atoms with Gasteiger partial charge in [0.1, 0.15) is 0 Å². The number of hydrogen-bond donors (Lipinski definition) is 2. The van der Waals surface area contributed by atoms with E-state index in [0.29, 0.717) is 44.4 Å². The number of fused-ring (bicyclic) bond motifs is 1. The van der Waals surface area contributed by atoms with Crippen LogP contribution in [-0.4, -0.2) is 20.6 Å². The predicted octanol–water partition coefficient (Wildman–Crippen LogP) is 4.23. The average molecular weight is 378 g/mol. The minimum atomic E-state index is -0.501. The van der Waals surface area contributed by atoms with E-state index in [1.54, 1.807) is 24.3 Å². The lowest BCUT2D eigenvalue weighted by atomic mass is 10.0. The fourth-order valence-electron chi connectivity index (χ4n) is 2.64. The molecule has 6 nitrogen and oxygen atoms in total. The van der Waals surface area contributed by atoms with Gasteiger partial charge in [-0.2, -0.15) is 5.21 Å². The standard InChI is InChI=1S/C16H10Cl2FN5O/c17-10-1-2-12(20)9(14(10)18)4-7-3-8-6-13(16-21-23-24-22-16)25-15(8)11(19)5-7/h1-3,5-6H,4,20H2,(H,21,22,23,24). The van der Waals surface area contributed by atoms with E-state index >= 15 is 0 Å². The van der Waals surface area contributed by atoms with Gasteiger partial charge in [0.25, 0.3) is 0 Å². The summed E-state index contributed by atoms with van der Waals surface area (Å²) in [6.07, 6.45) is 0.334. The number of anilines is 1. The highest BCUT2D eigenvalue weighted by Crippen LogP contribution is 2.34. The van der Waals surface area contributed by atoms with Crippen molar-refractivity contribution in [1.82, 2.24) is 20.6 Å². The van der Waals surface area contributed by atoms with Gasteiger partial charge in [0.15, 0.2) is 17.2 Å². The van der Waals surface area contributed by atoms with Crippen molar-refractivity contribution < 1.29 is 8.81 Å². The summed E-state index contributed by atoms with van der Waals surface area (Å²) < 4.78 is 19.9. The summed E-state index contributed by atoms with van der Waals surface area (Å²) in [6, 6.07) is 8.12. The first kappa shape index (κ1) is 15.9. The van der Waals surface area contributed by atoms with E-state index in [9.17, 15) is 4.39 Å². The SMILES string of the molecule is Nc1ccc(Cl)c(Cl)c1Cc1cc(F)c2oc(-c3nn[nH]n3)cc2c1. The topological polar surface area (TPSA) is 93.6 Å². The van der Waals surface area contributed by atoms with Crippen LogP contribution in [-0.2, 0) is 6.42 Å². The smallest absolute Gasteiger partial charge is 0.239 e. The Hall–Kier alpha value is -2.64. The third-order valence-corrected chi connectivity index (χ3v) is 4.65. The third kappa shape index (κ3) is 2.81. The zero-order chi connectivity index (χ0) is 17.6. The van der Waals surface area contributed by atoms with Crippen LogP contribution in [0.5, 0.6) is 0 Å². The molecule has 25 heavy (non-hydrogen) atoms. The number of aromatic amines is 1. The summed E-state index contributed by atoms with van der Waals surface area (Å²) in [5.41, 5.74) is 7.92. The first-order valence-corrected chi connectivity index (χ1v) is 7.96. The van der Waals surface area contributed by atoms with E-state index < -0.39 is 5.82 Å². The molecular formula is C16H10Cl2FN5O. The van der Waals surface area contributed by atoms with Crippen molar-refractivity contribution in [1.29, 1.82) is 0 Å². The Morgan fingerprint density at radius 3 is 2.80 bits per heavy atom. The molecule has 0 bridgehead atoms. The lowest BCUT2D eigenvalue weighted by Gasteiger charge is -2.10. The number of H-pyrrole nitrogens is 1. The summed E-state index contributed by atoms with van der Waals surface area (Å²) >= 11 is 12.3. The monoisotopic (exact) mass is 377 g/mol. The number of tetrazole rings is 1. The Morgan fingerprint density at radius 1 is 1.20 bits per heavy atom. The molecule has 0 aliphatic heterocycles. The van der Waals surface area contributed by atoms with E-state index in [2.05, 4.69) is 20.6 Å². The number of aromatic nitrogens is 4. The van der Waals surface area contributed by atoms with E-state index in [4.69, 9.17) is 33.4 Å². The van der Waals surface area contributed by atoms with Gasteiger partial charge in [-0.15, -0.1) is 10.2 Å². The Balaban J connectivity index is 1.78. The molecule has 126 valence electrons. The van der Waals surface area contributed by atoms with Crippen molar-refractivity contribution in [2.75, 3.05) is 5.73 Å². The van der Waals surface area contributed by atoms with Gasteiger partial charge in [-0.1, -0.05) is 23.2 Å². The quantitative estimate of drug-likeness (QED) is 0.521. The number of benzene rings is 2.